The van der Waals surface area contributed by atoms with Crippen LogP contribution in [0.5, 0.6) is 0 Å². The average molecular weight is 303 g/mol. The molecule has 1 N–H and O–H groups in total. The predicted octanol–water partition coefficient (Wildman–Crippen LogP) is 1.64. The smallest absolute Gasteiger partial charge is 0.265 e. The summed E-state index contributed by atoms with van der Waals surface area (Å²) in [5.74, 6) is 0.457. The number of carbonyl (C=O) groups excluding carboxylic acids is 1. The lowest BCUT2D eigenvalue weighted by Gasteiger charge is -2.28. The number of aliphatic imine (C=N–C) groups is 1. The number of piperidine rings is 1. The first-order valence-electron chi connectivity index (χ1n) is 7.77. The van der Waals surface area contributed by atoms with Gasteiger partial charge in [0.1, 0.15) is 17.7 Å². The number of carbonyl (C=O) groups is 1. The van der Waals surface area contributed by atoms with Gasteiger partial charge >= 0.3 is 0 Å². The van der Waals surface area contributed by atoms with Crippen LogP contribution in [0.1, 0.15) is 31.2 Å². The molecule has 1 aliphatic rings. The fraction of sp³-hybridized carbons (Fsp3) is 0.625. The van der Waals surface area contributed by atoms with Crippen molar-refractivity contribution in [2.75, 3.05) is 26.7 Å². The van der Waals surface area contributed by atoms with Gasteiger partial charge in [-0.2, -0.15) is 0 Å². The minimum atomic E-state index is -0.110. The van der Waals surface area contributed by atoms with E-state index >= 15 is 0 Å². The number of aryl methyl sites for hydroxylation is 2. The molecule has 120 valence electrons. The summed E-state index contributed by atoms with van der Waals surface area (Å²) >= 11 is 0. The third-order valence-electron chi connectivity index (χ3n) is 4.19. The molecule has 1 fully saturated rings. The molecule has 1 aliphatic heterocycles. The molecule has 1 saturated heterocycles. The predicted molar refractivity (Wildman–Crippen MR) is 87.5 cm³/mol. The van der Waals surface area contributed by atoms with Crippen molar-refractivity contribution < 1.29 is 4.79 Å². The summed E-state index contributed by atoms with van der Waals surface area (Å²) < 4.78 is 0. The van der Waals surface area contributed by atoms with Crippen LogP contribution in [0.25, 0.3) is 0 Å². The monoisotopic (exact) mass is 303 g/mol. The number of likely N-dealkylation sites (tertiary alicyclic amines) is 1. The Bertz CT molecular complexity index is 541. The van der Waals surface area contributed by atoms with Gasteiger partial charge in [0.2, 0.25) is 0 Å². The molecule has 0 spiro atoms. The SMILES string of the molecule is C/C(=N\c1c(C)ncnc1C)C(=O)NCC1CCN(C)CC1. The van der Waals surface area contributed by atoms with Crippen LogP contribution in [0.2, 0.25) is 0 Å². The second kappa shape index (κ2) is 7.45. The normalized spacial score (nSPS) is 17.5. The van der Waals surface area contributed by atoms with E-state index in [0.29, 0.717) is 17.3 Å². The largest absolute Gasteiger partial charge is 0.351 e. The third kappa shape index (κ3) is 4.34. The van der Waals surface area contributed by atoms with Crippen LogP contribution in [0, 0.1) is 19.8 Å². The van der Waals surface area contributed by atoms with Gasteiger partial charge in [-0.05, 0) is 59.7 Å². The van der Waals surface area contributed by atoms with Crippen LogP contribution < -0.4 is 5.32 Å². The molecule has 0 radical (unpaired) electrons. The summed E-state index contributed by atoms with van der Waals surface area (Å²) in [6.45, 7) is 8.41. The molecular formula is C16H25N5O. The lowest BCUT2D eigenvalue weighted by molar-refractivity contribution is -0.115. The van der Waals surface area contributed by atoms with Gasteiger partial charge in [-0.25, -0.2) is 15.0 Å². The molecule has 1 amide bonds. The molecule has 0 atom stereocenters. The lowest BCUT2D eigenvalue weighted by Crippen LogP contribution is -2.38. The lowest BCUT2D eigenvalue weighted by atomic mass is 9.97. The Hall–Kier alpha value is -1.82. The molecule has 6 nitrogen and oxygen atoms in total. The minimum absolute atomic E-state index is 0.110. The number of nitrogens with one attached hydrogen (secondary N) is 1. The molecule has 0 aromatic carbocycles. The summed E-state index contributed by atoms with van der Waals surface area (Å²) in [4.78, 5) is 27.2. The second-order valence-electron chi connectivity index (χ2n) is 6.05. The van der Waals surface area contributed by atoms with Crippen molar-refractivity contribution in [3.63, 3.8) is 0 Å². The molecule has 1 aromatic rings. The van der Waals surface area contributed by atoms with Crippen molar-refractivity contribution in [1.82, 2.24) is 20.2 Å². The Morgan fingerprint density at radius 2 is 1.91 bits per heavy atom. The number of rotatable bonds is 4. The highest BCUT2D eigenvalue weighted by Crippen LogP contribution is 2.19. The zero-order chi connectivity index (χ0) is 16.1. The van der Waals surface area contributed by atoms with Crippen LogP contribution in [0.3, 0.4) is 0 Å². The summed E-state index contributed by atoms with van der Waals surface area (Å²) in [5, 5.41) is 3.00. The van der Waals surface area contributed by atoms with E-state index in [4.69, 9.17) is 0 Å². The zero-order valence-corrected chi connectivity index (χ0v) is 13.9. The van der Waals surface area contributed by atoms with E-state index in [1.807, 2.05) is 13.8 Å². The van der Waals surface area contributed by atoms with Gasteiger partial charge in [-0.1, -0.05) is 0 Å². The van der Waals surface area contributed by atoms with Gasteiger partial charge in [0, 0.05) is 6.54 Å². The Morgan fingerprint density at radius 1 is 1.32 bits per heavy atom. The number of hydrogen-bond acceptors (Lipinski definition) is 5. The molecule has 1 aromatic heterocycles. The van der Waals surface area contributed by atoms with Crippen molar-refractivity contribution in [1.29, 1.82) is 0 Å². The van der Waals surface area contributed by atoms with Gasteiger partial charge in [-0.15, -0.1) is 0 Å². The molecule has 2 heterocycles. The first-order valence-corrected chi connectivity index (χ1v) is 7.77. The number of amides is 1. The van der Waals surface area contributed by atoms with Crippen molar-refractivity contribution in [2.24, 2.45) is 10.9 Å². The van der Waals surface area contributed by atoms with Gasteiger partial charge in [0.05, 0.1) is 11.4 Å². The fourth-order valence-electron chi connectivity index (χ4n) is 2.60. The third-order valence-corrected chi connectivity index (χ3v) is 4.19. The summed E-state index contributed by atoms with van der Waals surface area (Å²) in [6.07, 6.45) is 3.79. The molecule has 0 unspecified atom stereocenters. The van der Waals surface area contributed by atoms with E-state index < -0.39 is 0 Å². The summed E-state index contributed by atoms with van der Waals surface area (Å²) in [7, 11) is 2.14. The van der Waals surface area contributed by atoms with Crippen molar-refractivity contribution >= 4 is 17.3 Å². The van der Waals surface area contributed by atoms with Gasteiger partial charge in [0.15, 0.2) is 0 Å². The molecule has 0 bridgehead atoms. The van der Waals surface area contributed by atoms with Crippen molar-refractivity contribution in [2.45, 2.75) is 33.6 Å². The maximum atomic E-state index is 12.2. The number of hydrogen-bond donors (Lipinski definition) is 1. The Balaban J connectivity index is 1.93. The summed E-state index contributed by atoms with van der Waals surface area (Å²) in [5.41, 5.74) is 2.72. The van der Waals surface area contributed by atoms with E-state index in [1.165, 1.54) is 6.33 Å². The van der Waals surface area contributed by atoms with E-state index in [9.17, 15) is 4.79 Å². The van der Waals surface area contributed by atoms with E-state index in [1.54, 1.807) is 6.92 Å². The highest BCUT2D eigenvalue weighted by atomic mass is 16.1. The topological polar surface area (TPSA) is 70.5 Å². The highest BCUT2D eigenvalue weighted by molar-refractivity contribution is 6.38. The summed E-state index contributed by atoms with van der Waals surface area (Å²) in [6, 6.07) is 0. The standard InChI is InChI=1S/C16H25N5O/c1-11-15(12(2)19-10-18-11)20-13(3)16(22)17-9-14-5-7-21(4)8-6-14/h10,14H,5-9H2,1-4H3,(H,17,22)/b20-13+. The maximum absolute atomic E-state index is 12.2. The number of nitrogens with zero attached hydrogens (tertiary/aromatic N) is 4. The maximum Gasteiger partial charge on any atom is 0.265 e. The molecular weight excluding hydrogens is 278 g/mol. The second-order valence-corrected chi connectivity index (χ2v) is 6.05. The first kappa shape index (κ1) is 16.5. The van der Waals surface area contributed by atoms with E-state index in [-0.39, 0.29) is 5.91 Å². The van der Waals surface area contributed by atoms with Gasteiger partial charge < -0.3 is 10.2 Å². The Labute approximate surface area is 132 Å². The van der Waals surface area contributed by atoms with E-state index in [0.717, 1.165) is 43.9 Å². The molecule has 22 heavy (non-hydrogen) atoms. The number of aromatic nitrogens is 2. The van der Waals surface area contributed by atoms with Crippen LogP contribution in [0.15, 0.2) is 11.3 Å². The quantitative estimate of drug-likeness (QED) is 0.859. The molecule has 0 saturated carbocycles. The minimum Gasteiger partial charge on any atom is -0.351 e. The first-order chi connectivity index (χ1) is 10.5. The van der Waals surface area contributed by atoms with E-state index in [2.05, 4.69) is 32.2 Å². The van der Waals surface area contributed by atoms with Crippen molar-refractivity contribution in [3.8, 4) is 0 Å². The average Bonchev–Trinajstić information content (AvgIpc) is 2.50. The van der Waals surface area contributed by atoms with Gasteiger partial charge in [-0.3, -0.25) is 4.79 Å². The van der Waals surface area contributed by atoms with Crippen LogP contribution in [0.4, 0.5) is 5.69 Å². The zero-order valence-electron chi connectivity index (χ0n) is 13.9. The van der Waals surface area contributed by atoms with Crippen LogP contribution in [-0.4, -0.2) is 53.2 Å². The highest BCUT2D eigenvalue weighted by Gasteiger charge is 2.18. The Morgan fingerprint density at radius 3 is 2.50 bits per heavy atom. The van der Waals surface area contributed by atoms with Gasteiger partial charge in [0.25, 0.3) is 5.91 Å². The fourth-order valence-corrected chi connectivity index (χ4v) is 2.60. The van der Waals surface area contributed by atoms with Crippen molar-refractivity contribution in [3.05, 3.63) is 17.7 Å². The van der Waals surface area contributed by atoms with Crippen LogP contribution in [-0.2, 0) is 4.79 Å². The molecule has 6 heteroatoms. The Kier molecular flexibility index (Phi) is 5.60. The molecule has 0 aliphatic carbocycles. The molecule has 2 rings (SSSR count). The van der Waals surface area contributed by atoms with Crippen LogP contribution >= 0.6 is 0 Å².